The fourth-order valence-corrected chi connectivity index (χ4v) is 2.99. The van der Waals surface area contributed by atoms with Crippen molar-refractivity contribution in [1.29, 1.82) is 0 Å². The van der Waals surface area contributed by atoms with Crippen molar-refractivity contribution >= 4 is 11.6 Å². The second-order valence-corrected chi connectivity index (χ2v) is 5.63. The summed E-state index contributed by atoms with van der Waals surface area (Å²) in [5.74, 6) is 1.45. The first-order valence-corrected chi connectivity index (χ1v) is 7.46. The number of nitrogens with two attached hydrogens (primary N) is 1. The highest BCUT2D eigenvalue weighted by atomic mass is 16.5. The summed E-state index contributed by atoms with van der Waals surface area (Å²) in [6.07, 6.45) is 0. The largest absolute Gasteiger partial charge is 0.497 e. The van der Waals surface area contributed by atoms with Crippen molar-refractivity contribution in [3.63, 3.8) is 0 Å². The van der Waals surface area contributed by atoms with Crippen LogP contribution in [0.25, 0.3) is 0 Å². The molecular weight excluding hydrogens is 292 g/mol. The van der Waals surface area contributed by atoms with Crippen LogP contribution in [0.1, 0.15) is 34.5 Å². The highest BCUT2D eigenvalue weighted by Crippen LogP contribution is 2.37. The average molecular weight is 312 g/mol. The Labute approximate surface area is 135 Å². The normalized spacial score (nSPS) is 16.4. The lowest BCUT2D eigenvalue weighted by Gasteiger charge is -2.23. The van der Waals surface area contributed by atoms with Gasteiger partial charge in [0.05, 0.1) is 26.8 Å². The Morgan fingerprint density at radius 3 is 2.61 bits per heavy atom. The van der Waals surface area contributed by atoms with Gasteiger partial charge in [-0.2, -0.15) is 0 Å². The molecule has 1 amide bonds. The molecular formula is C18H20N2O3. The number of methoxy groups -OCH3 is 2. The molecule has 1 heterocycles. The van der Waals surface area contributed by atoms with Gasteiger partial charge in [0, 0.05) is 22.9 Å². The van der Waals surface area contributed by atoms with E-state index in [1.54, 1.807) is 26.4 Å². The molecule has 0 saturated carbocycles. The van der Waals surface area contributed by atoms with E-state index in [9.17, 15) is 4.79 Å². The van der Waals surface area contributed by atoms with Crippen LogP contribution < -0.4 is 15.2 Å². The van der Waals surface area contributed by atoms with E-state index in [1.807, 2.05) is 36.1 Å². The number of carbonyl (C=O) groups is 1. The third-order valence-electron chi connectivity index (χ3n) is 4.32. The first-order chi connectivity index (χ1) is 11.0. The molecule has 1 aliphatic rings. The first-order valence-electron chi connectivity index (χ1n) is 7.46. The monoisotopic (exact) mass is 312 g/mol. The summed E-state index contributed by atoms with van der Waals surface area (Å²) in [7, 11) is 3.23. The number of nitrogens with zero attached hydrogens (tertiary/aromatic N) is 1. The van der Waals surface area contributed by atoms with Crippen molar-refractivity contribution < 1.29 is 14.3 Å². The molecule has 0 spiro atoms. The smallest absolute Gasteiger partial charge is 0.255 e. The SMILES string of the molecule is COc1ccc(CN2C(=O)c3ccc(N)cc3C2C)c(OC)c1. The van der Waals surface area contributed by atoms with Gasteiger partial charge in [-0.15, -0.1) is 0 Å². The molecule has 0 bridgehead atoms. The maximum atomic E-state index is 12.7. The third kappa shape index (κ3) is 2.59. The van der Waals surface area contributed by atoms with Gasteiger partial charge in [0.1, 0.15) is 11.5 Å². The fraction of sp³-hybridized carbons (Fsp3) is 0.278. The molecule has 5 heteroatoms. The Balaban J connectivity index is 1.91. The van der Waals surface area contributed by atoms with Crippen molar-refractivity contribution in [3.8, 4) is 11.5 Å². The molecule has 2 aromatic carbocycles. The molecule has 1 atom stereocenters. The lowest BCUT2D eigenvalue weighted by atomic mass is 10.1. The molecule has 5 nitrogen and oxygen atoms in total. The molecule has 0 radical (unpaired) electrons. The Morgan fingerprint density at radius 2 is 1.91 bits per heavy atom. The Morgan fingerprint density at radius 1 is 1.13 bits per heavy atom. The number of ether oxygens (including phenoxy) is 2. The van der Waals surface area contributed by atoms with E-state index < -0.39 is 0 Å². The second kappa shape index (κ2) is 5.83. The fourth-order valence-electron chi connectivity index (χ4n) is 2.99. The van der Waals surface area contributed by atoms with Crippen LogP contribution in [0.4, 0.5) is 5.69 Å². The highest BCUT2D eigenvalue weighted by molar-refractivity contribution is 5.99. The van der Waals surface area contributed by atoms with Crippen molar-refractivity contribution in [3.05, 3.63) is 53.1 Å². The van der Waals surface area contributed by atoms with Gasteiger partial charge in [0.15, 0.2) is 0 Å². The Hall–Kier alpha value is -2.69. The highest BCUT2D eigenvalue weighted by Gasteiger charge is 2.34. The zero-order valence-corrected chi connectivity index (χ0v) is 13.5. The van der Waals surface area contributed by atoms with Gasteiger partial charge in [-0.3, -0.25) is 4.79 Å². The van der Waals surface area contributed by atoms with E-state index in [2.05, 4.69) is 0 Å². The molecule has 23 heavy (non-hydrogen) atoms. The topological polar surface area (TPSA) is 64.8 Å². The second-order valence-electron chi connectivity index (χ2n) is 5.63. The number of carbonyl (C=O) groups excluding carboxylic acids is 1. The summed E-state index contributed by atoms with van der Waals surface area (Å²) < 4.78 is 10.6. The van der Waals surface area contributed by atoms with Crippen molar-refractivity contribution in [1.82, 2.24) is 4.90 Å². The molecule has 0 saturated heterocycles. The number of rotatable bonds is 4. The quantitative estimate of drug-likeness (QED) is 0.881. The molecule has 0 aliphatic carbocycles. The minimum absolute atomic E-state index is 0.0189. The Kier molecular flexibility index (Phi) is 3.86. The van der Waals surface area contributed by atoms with Crippen LogP contribution in [0.3, 0.4) is 0 Å². The van der Waals surface area contributed by atoms with Gasteiger partial charge < -0.3 is 20.1 Å². The molecule has 2 N–H and O–H groups in total. The molecule has 3 rings (SSSR count). The summed E-state index contributed by atoms with van der Waals surface area (Å²) in [5, 5.41) is 0. The number of hydrogen-bond acceptors (Lipinski definition) is 4. The third-order valence-corrected chi connectivity index (χ3v) is 4.32. The Bertz CT molecular complexity index is 758. The van der Waals surface area contributed by atoms with E-state index in [1.165, 1.54) is 0 Å². The van der Waals surface area contributed by atoms with Gasteiger partial charge in [-0.25, -0.2) is 0 Å². The van der Waals surface area contributed by atoms with Crippen molar-refractivity contribution in [2.75, 3.05) is 20.0 Å². The van der Waals surface area contributed by atoms with Crippen LogP contribution in [0, 0.1) is 0 Å². The zero-order valence-electron chi connectivity index (χ0n) is 13.5. The summed E-state index contributed by atoms with van der Waals surface area (Å²) >= 11 is 0. The number of anilines is 1. The van der Waals surface area contributed by atoms with Crippen LogP contribution >= 0.6 is 0 Å². The maximum Gasteiger partial charge on any atom is 0.255 e. The predicted octanol–water partition coefficient (Wildman–Crippen LogP) is 3.00. The minimum Gasteiger partial charge on any atom is -0.497 e. The summed E-state index contributed by atoms with van der Waals surface area (Å²) in [5.41, 5.74) is 9.16. The maximum absolute atomic E-state index is 12.7. The van der Waals surface area contributed by atoms with Gasteiger partial charge in [-0.1, -0.05) is 0 Å². The van der Waals surface area contributed by atoms with Gasteiger partial charge in [0.25, 0.3) is 5.91 Å². The standard InChI is InChI=1S/C18H20N2O3/c1-11-16-8-13(19)5-7-15(16)18(21)20(11)10-12-4-6-14(22-2)9-17(12)23-3/h4-9,11H,10,19H2,1-3H3. The molecule has 2 aromatic rings. The van der Waals surface area contributed by atoms with Gasteiger partial charge >= 0.3 is 0 Å². The first kappa shape index (κ1) is 15.2. The zero-order chi connectivity index (χ0) is 16.6. The number of benzene rings is 2. The molecule has 1 aliphatic heterocycles. The molecule has 1 unspecified atom stereocenters. The minimum atomic E-state index is -0.0205. The lowest BCUT2D eigenvalue weighted by molar-refractivity contribution is 0.0721. The van der Waals surface area contributed by atoms with E-state index in [-0.39, 0.29) is 11.9 Å². The van der Waals surface area contributed by atoms with Crippen LogP contribution in [0.2, 0.25) is 0 Å². The van der Waals surface area contributed by atoms with E-state index in [0.717, 1.165) is 22.4 Å². The van der Waals surface area contributed by atoms with Crippen molar-refractivity contribution in [2.24, 2.45) is 0 Å². The predicted molar refractivity (Wildman–Crippen MR) is 88.7 cm³/mol. The molecule has 0 fully saturated rings. The summed E-state index contributed by atoms with van der Waals surface area (Å²) in [6, 6.07) is 11.0. The van der Waals surface area contributed by atoms with Gasteiger partial charge in [0.2, 0.25) is 0 Å². The summed E-state index contributed by atoms with van der Waals surface area (Å²) in [4.78, 5) is 14.5. The average Bonchev–Trinajstić information content (AvgIpc) is 2.79. The lowest BCUT2D eigenvalue weighted by Crippen LogP contribution is -2.26. The van der Waals surface area contributed by atoms with Crippen LogP contribution in [0.5, 0.6) is 11.5 Å². The van der Waals surface area contributed by atoms with E-state index >= 15 is 0 Å². The summed E-state index contributed by atoms with van der Waals surface area (Å²) in [6.45, 7) is 2.49. The molecule has 0 aromatic heterocycles. The van der Waals surface area contributed by atoms with Crippen LogP contribution in [-0.4, -0.2) is 25.0 Å². The van der Waals surface area contributed by atoms with Gasteiger partial charge in [-0.05, 0) is 42.8 Å². The van der Waals surface area contributed by atoms with E-state index in [0.29, 0.717) is 18.0 Å². The number of fused-ring (bicyclic) bond motifs is 1. The van der Waals surface area contributed by atoms with Crippen LogP contribution in [0.15, 0.2) is 36.4 Å². The number of nitrogen functional groups attached to an aromatic ring is 1. The van der Waals surface area contributed by atoms with E-state index in [4.69, 9.17) is 15.2 Å². The van der Waals surface area contributed by atoms with Crippen LogP contribution in [-0.2, 0) is 6.54 Å². The number of hydrogen-bond donors (Lipinski definition) is 1. The molecule has 120 valence electrons. The number of amides is 1. The van der Waals surface area contributed by atoms with Crippen molar-refractivity contribution in [2.45, 2.75) is 19.5 Å².